The summed E-state index contributed by atoms with van der Waals surface area (Å²) in [6.07, 6.45) is -1.79. The topological polar surface area (TPSA) is 64.4 Å². The maximum Gasteiger partial charge on any atom is 0.490 e. The fourth-order valence-corrected chi connectivity index (χ4v) is 6.14. The predicted octanol–water partition coefficient (Wildman–Crippen LogP) is 7.67. The number of likely N-dealkylation sites (tertiary alicyclic amines) is 1. The Hall–Kier alpha value is -3.56. The molecule has 0 radical (unpaired) electrons. The lowest BCUT2D eigenvalue weighted by Gasteiger charge is -2.33. The highest BCUT2D eigenvalue weighted by Crippen LogP contribution is 2.44. The van der Waals surface area contributed by atoms with Crippen LogP contribution in [0.15, 0.2) is 66.7 Å². The van der Waals surface area contributed by atoms with E-state index in [1.165, 1.54) is 4.90 Å². The van der Waals surface area contributed by atoms with Crippen molar-refractivity contribution in [2.45, 2.75) is 49.7 Å². The highest BCUT2D eigenvalue weighted by Gasteiger charge is 2.41. The second-order valence-corrected chi connectivity index (χ2v) is 12.0. The fraction of sp³-hybridized carbons (Fsp3) is 0.344. The summed E-state index contributed by atoms with van der Waals surface area (Å²) in [7, 11) is 0. The van der Waals surface area contributed by atoms with Crippen molar-refractivity contribution < 1.29 is 27.5 Å². The Morgan fingerprint density at radius 1 is 0.860 bits per heavy atom. The number of esters is 1. The van der Waals surface area contributed by atoms with Crippen LogP contribution in [0.5, 0.6) is 0 Å². The van der Waals surface area contributed by atoms with E-state index in [1.54, 1.807) is 0 Å². The Labute approximate surface area is 256 Å². The Balaban J connectivity index is 1.29. The molecule has 224 valence electrons. The number of piperidine rings is 1. The Kier molecular flexibility index (Phi) is 8.13. The standard InChI is InChI=1S/C32H28Cl2F3N3O3/c33-23-8-3-19(4-9-23)29(20-5-10-24(34)11-6-20)22-7-12-26-27(17-22)40(30(38-26)21-1-2-21)25-13-15-39(16-14-25)28(41)18-43-31(42)32(35,36)37/h3-12,17,21,25,29H,1-2,13-16,18H2. The van der Waals surface area contributed by atoms with Gasteiger partial charge >= 0.3 is 12.1 Å². The van der Waals surface area contributed by atoms with E-state index in [-0.39, 0.29) is 12.0 Å². The zero-order valence-electron chi connectivity index (χ0n) is 23.0. The van der Waals surface area contributed by atoms with Crippen molar-refractivity contribution in [2.24, 2.45) is 0 Å². The molecule has 0 N–H and O–H groups in total. The van der Waals surface area contributed by atoms with E-state index in [4.69, 9.17) is 28.2 Å². The van der Waals surface area contributed by atoms with Gasteiger partial charge in [0.15, 0.2) is 6.61 Å². The van der Waals surface area contributed by atoms with Crippen molar-refractivity contribution in [1.29, 1.82) is 0 Å². The van der Waals surface area contributed by atoms with Gasteiger partial charge in [0.2, 0.25) is 0 Å². The van der Waals surface area contributed by atoms with Crippen molar-refractivity contribution >= 4 is 46.1 Å². The van der Waals surface area contributed by atoms with Crippen LogP contribution in [0.2, 0.25) is 10.0 Å². The van der Waals surface area contributed by atoms with Gasteiger partial charge in [-0.3, -0.25) is 4.79 Å². The molecule has 1 aliphatic heterocycles. The second-order valence-electron chi connectivity index (χ2n) is 11.1. The van der Waals surface area contributed by atoms with Gasteiger partial charge in [0.1, 0.15) is 5.82 Å². The predicted molar refractivity (Wildman–Crippen MR) is 157 cm³/mol. The van der Waals surface area contributed by atoms with Crippen LogP contribution in [0.4, 0.5) is 13.2 Å². The minimum absolute atomic E-state index is 0.0575. The van der Waals surface area contributed by atoms with Gasteiger partial charge in [0.25, 0.3) is 5.91 Å². The van der Waals surface area contributed by atoms with Gasteiger partial charge in [-0.1, -0.05) is 53.5 Å². The molecule has 43 heavy (non-hydrogen) atoms. The summed E-state index contributed by atoms with van der Waals surface area (Å²) in [6, 6.07) is 22.0. The number of aromatic nitrogens is 2. The number of hydrogen-bond donors (Lipinski definition) is 0. The molecule has 0 bridgehead atoms. The van der Waals surface area contributed by atoms with Crippen molar-refractivity contribution in [3.8, 4) is 0 Å². The molecule has 2 fully saturated rings. The molecule has 1 saturated heterocycles. The van der Waals surface area contributed by atoms with Crippen molar-refractivity contribution in [1.82, 2.24) is 14.5 Å². The zero-order chi connectivity index (χ0) is 30.3. The molecule has 6 nitrogen and oxygen atoms in total. The maximum atomic E-state index is 12.5. The molecule has 0 unspecified atom stereocenters. The summed E-state index contributed by atoms with van der Waals surface area (Å²) in [5, 5.41) is 1.31. The van der Waals surface area contributed by atoms with Crippen molar-refractivity contribution in [3.63, 3.8) is 0 Å². The Morgan fingerprint density at radius 3 is 1.95 bits per heavy atom. The van der Waals surface area contributed by atoms with Gasteiger partial charge in [0, 0.05) is 41.0 Å². The molecule has 0 atom stereocenters. The fourth-order valence-electron chi connectivity index (χ4n) is 5.88. The molecule has 2 heterocycles. The number of benzene rings is 3. The van der Waals surface area contributed by atoms with Crippen LogP contribution in [0, 0.1) is 0 Å². The van der Waals surface area contributed by atoms with E-state index >= 15 is 0 Å². The first-order chi connectivity index (χ1) is 20.6. The minimum Gasteiger partial charge on any atom is -0.449 e. The Morgan fingerprint density at radius 2 is 1.42 bits per heavy atom. The molecule has 11 heteroatoms. The van der Waals surface area contributed by atoms with E-state index in [0.717, 1.165) is 46.4 Å². The largest absolute Gasteiger partial charge is 0.490 e. The lowest BCUT2D eigenvalue weighted by atomic mass is 9.85. The van der Waals surface area contributed by atoms with Crippen LogP contribution in [-0.2, 0) is 14.3 Å². The first kappa shape index (κ1) is 29.5. The molecule has 3 aromatic carbocycles. The highest BCUT2D eigenvalue weighted by molar-refractivity contribution is 6.30. The monoisotopic (exact) mass is 629 g/mol. The molecule has 1 saturated carbocycles. The van der Waals surface area contributed by atoms with Crippen LogP contribution >= 0.6 is 23.2 Å². The molecule has 1 aromatic heterocycles. The summed E-state index contributed by atoms with van der Waals surface area (Å²) in [4.78, 5) is 30.0. The molecule has 0 spiro atoms. The number of carbonyl (C=O) groups is 2. The number of imidazole rings is 1. The average molecular weight is 630 g/mol. The van der Waals surface area contributed by atoms with Gasteiger partial charge in [-0.2, -0.15) is 13.2 Å². The number of alkyl halides is 3. The SMILES string of the molecule is O=C(COC(=O)C(F)(F)F)N1CCC(n2c(C3CC3)nc3ccc(C(c4ccc(Cl)cc4)c4ccc(Cl)cc4)cc32)CC1. The van der Waals surface area contributed by atoms with Crippen LogP contribution < -0.4 is 0 Å². The van der Waals surface area contributed by atoms with Crippen LogP contribution in [0.1, 0.15) is 66.1 Å². The zero-order valence-corrected chi connectivity index (χ0v) is 24.5. The first-order valence-electron chi connectivity index (χ1n) is 14.1. The van der Waals surface area contributed by atoms with Gasteiger partial charge in [0.05, 0.1) is 11.0 Å². The maximum absolute atomic E-state index is 12.5. The van der Waals surface area contributed by atoms with Crippen LogP contribution in [0.3, 0.4) is 0 Å². The molecular weight excluding hydrogens is 602 g/mol. The highest BCUT2D eigenvalue weighted by atomic mass is 35.5. The summed E-state index contributed by atoms with van der Waals surface area (Å²) >= 11 is 12.4. The number of amides is 1. The summed E-state index contributed by atoms with van der Waals surface area (Å²) in [5.74, 6) is -1.66. The molecule has 1 amide bonds. The first-order valence-corrected chi connectivity index (χ1v) is 14.9. The minimum atomic E-state index is -5.13. The smallest absolute Gasteiger partial charge is 0.449 e. The van der Waals surface area contributed by atoms with Gasteiger partial charge in [-0.05, 0) is 78.8 Å². The lowest BCUT2D eigenvalue weighted by Crippen LogP contribution is -2.42. The number of carbonyl (C=O) groups excluding carboxylic acids is 2. The third-order valence-corrected chi connectivity index (χ3v) is 8.67. The van der Waals surface area contributed by atoms with Crippen molar-refractivity contribution in [2.75, 3.05) is 19.7 Å². The van der Waals surface area contributed by atoms with E-state index < -0.39 is 24.7 Å². The van der Waals surface area contributed by atoms with Gasteiger partial charge in [-0.25, -0.2) is 9.78 Å². The third kappa shape index (κ3) is 6.38. The normalized spacial score (nSPS) is 16.2. The third-order valence-electron chi connectivity index (χ3n) is 8.16. The lowest BCUT2D eigenvalue weighted by molar-refractivity contribution is -0.200. The molecule has 6 rings (SSSR count). The number of ether oxygens (including phenoxy) is 1. The van der Waals surface area contributed by atoms with Crippen LogP contribution in [-0.4, -0.2) is 52.2 Å². The number of hydrogen-bond acceptors (Lipinski definition) is 4. The molecule has 4 aromatic rings. The second kappa shape index (κ2) is 11.8. The molecule has 2 aliphatic rings. The number of fused-ring (bicyclic) bond motifs is 1. The van der Waals surface area contributed by atoms with Gasteiger partial charge in [-0.15, -0.1) is 0 Å². The average Bonchev–Trinajstić information content (AvgIpc) is 3.77. The molecule has 1 aliphatic carbocycles. The summed E-state index contributed by atoms with van der Waals surface area (Å²) < 4.78 is 43.9. The number of nitrogens with zero attached hydrogens (tertiary/aromatic N) is 3. The van der Waals surface area contributed by atoms with E-state index in [1.807, 2.05) is 48.5 Å². The van der Waals surface area contributed by atoms with Crippen molar-refractivity contribution in [3.05, 3.63) is 99.3 Å². The number of rotatable bonds is 7. The van der Waals surface area contributed by atoms with Crippen LogP contribution in [0.25, 0.3) is 11.0 Å². The molecular formula is C32H28Cl2F3N3O3. The summed E-state index contributed by atoms with van der Waals surface area (Å²) in [6.45, 7) is -0.242. The van der Waals surface area contributed by atoms with E-state index in [0.29, 0.717) is 41.9 Å². The van der Waals surface area contributed by atoms with E-state index in [2.05, 4.69) is 27.5 Å². The van der Waals surface area contributed by atoms with Gasteiger partial charge < -0.3 is 14.2 Å². The quantitative estimate of drug-likeness (QED) is 0.155. The number of halogens is 5. The van der Waals surface area contributed by atoms with E-state index in [9.17, 15) is 22.8 Å². The Bertz CT molecular complexity index is 1600. The summed E-state index contributed by atoms with van der Waals surface area (Å²) in [5.41, 5.74) is 5.15.